The Bertz CT molecular complexity index is 264. The maximum atomic E-state index is 2.32. The minimum absolute atomic E-state index is 0. The molecule has 3 heteroatoms. The van der Waals surface area contributed by atoms with Crippen molar-refractivity contribution in [2.75, 3.05) is 0 Å². The van der Waals surface area contributed by atoms with Crippen LogP contribution >= 0.6 is 0 Å². The Morgan fingerprint density at radius 1 is 0.722 bits per heavy atom. The molecule has 0 fully saturated rings. The van der Waals surface area contributed by atoms with Gasteiger partial charge in [-0.05, 0) is 0 Å². The summed E-state index contributed by atoms with van der Waals surface area (Å²) >= 11 is 0.140. The normalized spacial score (nSPS) is 14.7. The monoisotopic (exact) mass is 350 g/mol. The molecule has 18 heavy (non-hydrogen) atoms. The van der Waals surface area contributed by atoms with Gasteiger partial charge in [0.1, 0.15) is 0 Å². The molecule has 0 aromatic rings. The van der Waals surface area contributed by atoms with Crippen LogP contribution in [0.2, 0.25) is 19.6 Å². The van der Waals surface area contributed by atoms with Gasteiger partial charge in [-0.3, -0.25) is 0 Å². The van der Waals surface area contributed by atoms with Crippen molar-refractivity contribution < 1.29 is 51.4 Å². The van der Waals surface area contributed by atoms with E-state index in [1.165, 1.54) is 25.7 Å². The number of hydrogen-bond donors (Lipinski definition) is 0. The van der Waals surface area contributed by atoms with Crippen molar-refractivity contribution in [3.8, 4) is 0 Å². The molecule has 0 saturated heterocycles. The van der Waals surface area contributed by atoms with Crippen molar-refractivity contribution in [2.45, 2.75) is 73.0 Å². The molecular weight excluding hydrogens is 320 g/mol. The topological polar surface area (TPSA) is 0 Å². The summed E-state index contributed by atoms with van der Waals surface area (Å²) in [7, 11) is 0.120. The van der Waals surface area contributed by atoms with E-state index in [2.05, 4.69) is 47.3 Å². The van der Waals surface area contributed by atoms with Crippen molar-refractivity contribution in [1.29, 1.82) is 0 Å². The fourth-order valence-electron chi connectivity index (χ4n) is 2.15. The Hall–Kier alpha value is 1.88. The summed E-state index contributed by atoms with van der Waals surface area (Å²) in [4.78, 5) is 0. The smallest absolute Gasteiger partial charge is 0.0715 e. The maximum absolute atomic E-state index is 2.32. The third kappa shape index (κ3) is 7.60. The van der Waals surface area contributed by atoms with Crippen LogP contribution in [-0.4, -0.2) is 24.2 Å². The third-order valence-electron chi connectivity index (χ3n) is 2.81. The summed E-state index contributed by atoms with van der Waals surface area (Å²) in [6.07, 6.45) is 5.13. The van der Waals surface area contributed by atoms with Gasteiger partial charge in [0.25, 0.3) is 0 Å². The van der Waals surface area contributed by atoms with Gasteiger partial charge in [0, 0.05) is 8.80 Å². The first kappa shape index (κ1) is 22.2. The van der Waals surface area contributed by atoms with Crippen molar-refractivity contribution in [1.82, 2.24) is 0 Å². The minimum atomic E-state index is 0. The van der Waals surface area contributed by atoms with E-state index in [1.54, 1.807) is 11.1 Å². The zero-order valence-corrected chi connectivity index (χ0v) is 20.0. The number of allylic oxidation sites excluding steroid dienone is 4. The first-order valence-corrected chi connectivity index (χ1v) is 12.1. The van der Waals surface area contributed by atoms with Gasteiger partial charge in [0.2, 0.25) is 0 Å². The Morgan fingerprint density at radius 3 is 1.17 bits per heavy atom. The SMILES string of the molecule is CC[C]1=C(CC)C(CC)=[C](CC)[Ge]1.C[Si](C)C.[K+]. The van der Waals surface area contributed by atoms with Crippen LogP contribution in [0, 0.1) is 0 Å². The zero-order chi connectivity index (χ0) is 13.4. The van der Waals surface area contributed by atoms with Gasteiger partial charge in [0.15, 0.2) is 0 Å². The molecule has 0 unspecified atom stereocenters. The first-order chi connectivity index (χ1) is 8.01. The molecule has 0 aliphatic carbocycles. The average Bonchev–Trinajstić information content (AvgIpc) is 2.64. The van der Waals surface area contributed by atoms with E-state index in [-0.39, 0.29) is 75.6 Å². The fourth-order valence-corrected chi connectivity index (χ4v) is 5.67. The molecule has 0 nitrogen and oxygen atoms in total. The van der Waals surface area contributed by atoms with Crippen molar-refractivity contribution in [2.24, 2.45) is 0 Å². The van der Waals surface area contributed by atoms with Crippen LogP contribution in [0.3, 0.4) is 0 Å². The van der Waals surface area contributed by atoms with E-state index in [0.29, 0.717) is 0 Å². The molecule has 0 atom stereocenters. The van der Waals surface area contributed by atoms with Gasteiger partial charge in [-0.25, -0.2) is 0 Å². The van der Waals surface area contributed by atoms with Gasteiger partial charge in [-0.15, -0.1) is 0 Å². The quantitative estimate of drug-likeness (QED) is 0.683. The molecule has 0 aromatic heterocycles. The second-order valence-corrected chi connectivity index (χ2v) is 11.0. The van der Waals surface area contributed by atoms with Crippen LogP contribution in [0.25, 0.3) is 0 Å². The zero-order valence-electron chi connectivity index (χ0n) is 13.8. The molecule has 1 aliphatic rings. The van der Waals surface area contributed by atoms with E-state index >= 15 is 0 Å². The van der Waals surface area contributed by atoms with Crippen LogP contribution in [0.4, 0.5) is 0 Å². The first-order valence-electron chi connectivity index (χ1n) is 6.99. The fraction of sp³-hybridized carbons (Fsp3) is 0.733. The summed E-state index contributed by atoms with van der Waals surface area (Å²) in [5.74, 6) is 0. The van der Waals surface area contributed by atoms with E-state index in [9.17, 15) is 0 Å². The second-order valence-electron chi connectivity index (χ2n) is 4.95. The molecule has 0 spiro atoms. The second kappa shape index (κ2) is 12.6. The largest absolute Gasteiger partial charge is 1.00 e. The van der Waals surface area contributed by atoms with Crippen LogP contribution in [0.15, 0.2) is 20.0 Å². The summed E-state index contributed by atoms with van der Waals surface area (Å²) in [5, 5.41) is 0. The maximum Gasteiger partial charge on any atom is 1.00 e. The van der Waals surface area contributed by atoms with Crippen molar-refractivity contribution in [3.63, 3.8) is 0 Å². The average molecular weight is 349 g/mol. The summed E-state index contributed by atoms with van der Waals surface area (Å²) < 4.78 is 3.66. The van der Waals surface area contributed by atoms with Gasteiger partial charge in [0.05, 0.1) is 0 Å². The molecule has 0 N–H and O–H groups in total. The van der Waals surface area contributed by atoms with Gasteiger partial charge in [-0.2, -0.15) is 0 Å². The van der Waals surface area contributed by atoms with Crippen LogP contribution < -0.4 is 51.4 Å². The number of hydrogen-bond acceptors (Lipinski definition) is 0. The molecule has 0 amide bonds. The predicted molar refractivity (Wildman–Crippen MR) is 84.3 cm³/mol. The van der Waals surface area contributed by atoms with Gasteiger partial charge < -0.3 is 0 Å². The predicted octanol–water partition coefficient (Wildman–Crippen LogP) is 2.23. The Morgan fingerprint density at radius 2 is 1.00 bits per heavy atom. The van der Waals surface area contributed by atoms with E-state index in [4.69, 9.17) is 0 Å². The van der Waals surface area contributed by atoms with Gasteiger partial charge >= 0.3 is 140 Å². The third-order valence-corrected chi connectivity index (χ3v) is 6.82. The molecular formula is C15H29GeKSi+. The van der Waals surface area contributed by atoms with Gasteiger partial charge in [-0.1, -0.05) is 19.6 Å². The minimum Gasteiger partial charge on any atom is -0.0715 e. The molecule has 1 aliphatic heterocycles. The molecule has 0 aromatic carbocycles. The standard InChI is InChI=1S/C12H20Ge.C3H9Si.K/c1-5-9-10(6-2)12(8-4)13-11(9)7-3;1-4(2)3;/h5-8H2,1-4H3;1-3H3;/q;;+1. The molecule has 0 saturated carbocycles. The summed E-state index contributed by atoms with van der Waals surface area (Å²) in [6.45, 7) is 16.1. The van der Waals surface area contributed by atoms with E-state index in [1.807, 2.05) is 8.81 Å². The molecule has 0 bridgehead atoms. The molecule has 97 valence electrons. The van der Waals surface area contributed by atoms with Crippen LogP contribution in [-0.2, 0) is 0 Å². The van der Waals surface area contributed by atoms with E-state index in [0.717, 1.165) is 0 Å². The summed E-state index contributed by atoms with van der Waals surface area (Å²) in [6, 6.07) is 0. The van der Waals surface area contributed by atoms with Crippen molar-refractivity contribution >= 4 is 24.2 Å². The Balaban J connectivity index is 0. The van der Waals surface area contributed by atoms with E-state index < -0.39 is 0 Å². The van der Waals surface area contributed by atoms with Crippen molar-refractivity contribution in [3.05, 3.63) is 20.0 Å². The molecule has 1 heterocycles. The van der Waals surface area contributed by atoms with Crippen LogP contribution in [0.5, 0.6) is 0 Å². The summed E-state index contributed by atoms with van der Waals surface area (Å²) in [5.41, 5.74) is 3.48. The Labute approximate surface area is 166 Å². The molecule has 3 radical (unpaired) electrons. The molecule has 1 rings (SSSR count). The van der Waals surface area contributed by atoms with Crippen LogP contribution in [0.1, 0.15) is 53.4 Å². The Kier molecular flexibility index (Phi) is 15.5. The number of rotatable bonds is 4.